The molecule has 4 heterocycles. The maximum Gasteiger partial charge on any atom is 0.423 e. The summed E-state index contributed by atoms with van der Waals surface area (Å²) in [5.74, 6) is 0.384. The first-order valence-corrected chi connectivity index (χ1v) is 8.19. The zero-order chi connectivity index (χ0) is 19.2. The number of hydrogen-bond donors (Lipinski definition) is 1. The maximum atomic E-state index is 12.9. The first kappa shape index (κ1) is 17.3. The standard InChI is InChI=1S/C16H16F3N7O/c1-9-11(8-26(24-9)12-3-5-25-6-4-20-13(12)25)22-15-21-7-10(16(17,18)19)14(23-15)27-2/h4,6-8,12H,3,5H2,1-2H3,(H,21,22,23). The molecule has 0 fully saturated rings. The van der Waals surface area contributed by atoms with Crippen LogP contribution < -0.4 is 10.1 Å². The largest absolute Gasteiger partial charge is 0.480 e. The lowest BCUT2D eigenvalue weighted by molar-refractivity contribution is -0.139. The molecule has 0 aliphatic carbocycles. The fraction of sp³-hybridized carbons (Fsp3) is 0.375. The number of fused-ring (bicyclic) bond motifs is 1. The van der Waals surface area contributed by atoms with Crippen molar-refractivity contribution in [2.24, 2.45) is 0 Å². The Labute approximate surface area is 152 Å². The van der Waals surface area contributed by atoms with Crippen LogP contribution in [0.3, 0.4) is 0 Å². The molecule has 1 atom stereocenters. The van der Waals surface area contributed by atoms with Crippen LogP contribution in [0.4, 0.5) is 24.8 Å². The van der Waals surface area contributed by atoms with Crippen molar-refractivity contribution >= 4 is 11.6 Å². The van der Waals surface area contributed by atoms with Gasteiger partial charge in [-0.2, -0.15) is 23.3 Å². The molecule has 0 bridgehead atoms. The molecule has 0 saturated carbocycles. The Balaban J connectivity index is 1.60. The van der Waals surface area contributed by atoms with E-state index in [4.69, 9.17) is 4.74 Å². The number of nitrogens with zero attached hydrogens (tertiary/aromatic N) is 6. The molecule has 0 aromatic carbocycles. The van der Waals surface area contributed by atoms with Crippen molar-refractivity contribution in [2.45, 2.75) is 32.1 Å². The van der Waals surface area contributed by atoms with E-state index in [-0.39, 0.29) is 12.0 Å². The molecule has 8 nitrogen and oxygen atoms in total. The van der Waals surface area contributed by atoms with Crippen molar-refractivity contribution in [1.82, 2.24) is 29.3 Å². The molecular formula is C16H16F3N7O. The van der Waals surface area contributed by atoms with Crippen LogP contribution in [0.1, 0.15) is 29.5 Å². The number of nitrogens with one attached hydrogen (secondary N) is 1. The van der Waals surface area contributed by atoms with Crippen LogP contribution in [0.25, 0.3) is 0 Å². The minimum absolute atomic E-state index is 0.00424. The van der Waals surface area contributed by atoms with E-state index < -0.39 is 17.6 Å². The second-order valence-electron chi connectivity index (χ2n) is 6.13. The van der Waals surface area contributed by atoms with Gasteiger partial charge >= 0.3 is 6.18 Å². The average molecular weight is 379 g/mol. The van der Waals surface area contributed by atoms with E-state index in [1.165, 1.54) is 0 Å². The highest BCUT2D eigenvalue weighted by Crippen LogP contribution is 2.35. The molecule has 1 unspecified atom stereocenters. The van der Waals surface area contributed by atoms with Crippen LogP contribution in [-0.2, 0) is 12.7 Å². The molecule has 3 aromatic heterocycles. The predicted molar refractivity (Wildman–Crippen MR) is 88.8 cm³/mol. The molecule has 3 aromatic rings. The molecule has 1 N–H and O–H groups in total. The molecule has 0 spiro atoms. The molecule has 1 aliphatic heterocycles. The number of ether oxygens (including phenoxy) is 1. The van der Waals surface area contributed by atoms with Gasteiger partial charge in [0.25, 0.3) is 0 Å². The zero-order valence-electron chi connectivity index (χ0n) is 14.5. The summed E-state index contributed by atoms with van der Waals surface area (Å²) in [4.78, 5) is 11.9. The number of hydrogen-bond acceptors (Lipinski definition) is 6. The van der Waals surface area contributed by atoms with E-state index >= 15 is 0 Å². The number of aryl methyl sites for hydroxylation is 2. The van der Waals surface area contributed by atoms with Crippen molar-refractivity contribution in [3.8, 4) is 5.88 Å². The van der Waals surface area contributed by atoms with Crippen LogP contribution in [0.15, 0.2) is 24.8 Å². The average Bonchev–Trinajstić information content (AvgIpc) is 3.30. The Bertz CT molecular complexity index is 979. The van der Waals surface area contributed by atoms with Crippen molar-refractivity contribution < 1.29 is 17.9 Å². The topological polar surface area (TPSA) is 82.7 Å². The third kappa shape index (κ3) is 3.09. The summed E-state index contributed by atoms with van der Waals surface area (Å²) < 4.78 is 47.4. The quantitative estimate of drug-likeness (QED) is 0.751. The second-order valence-corrected chi connectivity index (χ2v) is 6.13. The smallest absolute Gasteiger partial charge is 0.423 e. The van der Waals surface area contributed by atoms with E-state index in [1.54, 1.807) is 24.0 Å². The van der Waals surface area contributed by atoms with Gasteiger partial charge in [-0.15, -0.1) is 0 Å². The van der Waals surface area contributed by atoms with Crippen molar-refractivity contribution in [1.29, 1.82) is 0 Å². The summed E-state index contributed by atoms with van der Waals surface area (Å²) >= 11 is 0. The van der Waals surface area contributed by atoms with Gasteiger partial charge in [0.2, 0.25) is 11.8 Å². The van der Waals surface area contributed by atoms with Gasteiger partial charge in [0.1, 0.15) is 17.4 Å². The van der Waals surface area contributed by atoms with Crippen molar-refractivity contribution in [2.75, 3.05) is 12.4 Å². The van der Waals surface area contributed by atoms with Crippen molar-refractivity contribution in [3.05, 3.63) is 41.9 Å². The van der Waals surface area contributed by atoms with Crippen molar-refractivity contribution in [3.63, 3.8) is 0 Å². The Morgan fingerprint density at radius 2 is 2.11 bits per heavy atom. The van der Waals surface area contributed by atoms with Gasteiger partial charge in [-0.1, -0.05) is 0 Å². The Hall–Kier alpha value is -3.11. The minimum Gasteiger partial charge on any atom is -0.480 e. The van der Waals surface area contributed by atoms with Gasteiger partial charge in [-0.05, 0) is 13.3 Å². The third-order valence-corrected chi connectivity index (χ3v) is 4.42. The van der Waals surface area contributed by atoms with E-state index in [0.29, 0.717) is 17.6 Å². The number of halogens is 3. The lowest BCUT2D eigenvalue weighted by Gasteiger charge is -2.11. The molecule has 0 radical (unpaired) electrons. The Kier molecular flexibility index (Phi) is 4.01. The molecule has 142 valence electrons. The van der Waals surface area contributed by atoms with Crippen LogP contribution in [0, 0.1) is 6.92 Å². The number of aromatic nitrogens is 6. The maximum absolute atomic E-state index is 12.9. The molecular weight excluding hydrogens is 363 g/mol. The highest BCUT2D eigenvalue weighted by molar-refractivity contribution is 5.55. The summed E-state index contributed by atoms with van der Waals surface area (Å²) in [6, 6.07) is 0.0114. The van der Waals surface area contributed by atoms with E-state index in [0.717, 1.165) is 25.9 Å². The number of alkyl halides is 3. The molecule has 4 rings (SSSR count). The highest BCUT2D eigenvalue weighted by atomic mass is 19.4. The molecule has 1 aliphatic rings. The van der Waals surface area contributed by atoms with Gasteiger partial charge in [0, 0.05) is 31.3 Å². The first-order valence-electron chi connectivity index (χ1n) is 8.19. The highest BCUT2D eigenvalue weighted by Gasteiger charge is 2.36. The molecule has 0 saturated heterocycles. The lowest BCUT2D eigenvalue weighted by atomic mass is 10.2. The molecule has 27 heavy (non-hydrogen) atoms. The summed E-state index contributed by atoms with van der Waals surface area (Å²) in [5, 5.41) is 7.41. The first-order chi connectivity index (χ1) is 12.9. The number of methoxy groups -OCH3 is 1. The summed E-state index contributed by atoms with van der Waals surface area (Å²) in [6.07, 6.45) is 2.43. The van der Waals surface area contributed by atoms with Crippen LogP contribution in [0.2, 0.25) is 0 Å². The van der Waals surface area contributed by atoms with Gasteiger partial charge in [-0.25, -0.2) is 9.97 Å². The van der Waals surface area contributed by atoms with Crippen LogP contribution in [0.5, 0.6) is 5.88 Å². The normalized spacial score (nSPS) is 16.4. The fourth-order valence-corrected chi connectivity index (χ4v) is 3.11. The van der Waals surface area contributed by atoms with Gasteiger partial charge in [0.05, 0.1) is 18.5 Å². The van der Waals surface area contributed by atoms with Gasteiger partial charge in [0.15, 0.2) is 0 Å². The van der Waals surface area contributed by atoms with Gasteiger partial charge < -0.3 is 14.6 Å². The number of rotatable bonds is 4. The summed E-state index contributed by atoms with van der Waals surface area (Å²) in [6.45, 7) is 2.66. The number of imidazole rings is 1. The Morgan fingerprint density at radius 3 is 2.85 bits per heavy atom. The predicted octanol–water partition coefficient (Wildman–Crippen LogP) is 2.94. The lowest BCUT2D eigenvalue weighted by Crippen LogP contribution is -2.11. The van der Waals surface area contributed by atoms with Crippen LogP contribution in [-0.4, -0.2) is 36.4 Å². The minimum atomic E-state index is -4.59. The second kappa shape index (κ2) is 6.25. The van der Waals surface area contributed by atoms with Crippen LogP contribution >= 0.6 is 0 Å². The van der Waals surface area contributed by atoms with E-state index in [2.05, 4.69) is 29.9 Å². The summed E-state index contributed by atoms with van der Waals surface area (Å²) in [5.41, 5.74) is 0.241. The molecule has 11 heteroatoms. The number of anilines is 2. The Morgan fingerprint density at radius 1 is 1.30 bits per heavy atom. The molecule has 0 amide bonds. The third-order valence-electron chi connectivity index (χ3n) is 4.42. The monoisotopic (exact) mass is 379 g/mol. The zero-order valence-corrected chi connectivity index (χ0v) is 14.5. The van der Waals surface area contributed by atoms with E-state index in [9.17, 15) is 13.2 Å². The SMILES string of the molecule is COc1nc(Nc2cn(C3CCn4ccnc43)nc2C)ncc1C(F)(F)F. The summed E-state index contributed by atoms with van der Waals surface area (Å²) in [7, 11) is 1.13. The van der Waals surface area contributed by atoms with E-state index in [1.807, 2.05) is 6.20 Å². The fourth-order valence-electron chi connectivity index (χ4n) is 3.11. The van der Waals surface area contributed by atoms with Gasteiger partial charge in [-0.3, -0.25) is 4.68 Å².